The van der Waals surface area contributed by atoms with Gasteiger partial charge in [0.2, 0.25) is 11.8 Å². The lowest BCUT2D eigenvalue weighted by Gasteiger charge is -2.32. The van der Waals surface area contributed by atoms with Crippen LogP contribution in [-0.2, 0) is 0 Å². The average Bonchev–Trinajstić information content (AvgIpc) is 2.62. The molecule has 1 aliphatic rings. The van der Waals surface area contributed by atoms with E-state index in [0.29, 0.717) is 35.4 Å². The third-order valence-corrected chi connectivity index (χ3v) is 4.19. The van der Waals surface area contributed by atoms with Gasteiger partial charge in [0.15, 0.2) is 0 Å². The molecule has 1 saturated heterocycles. The molecule has 1 aromatic heterocycles. The number of amides is 1. The minimum Gasteiger partial charge on any atom is -0.480 e. The van der Waals surface area contributed by atoms with Crippen LogP contribution in [0.3, 0.4) is 0 Å². The highest BCUT2D eigenvalue weighted by molar-refractivity contribution is 6.33. The van der Waals surface area contributed by atoms with Gasteiger partial charge in [-0.3, -0.25) is 9.78 Å². The largest absolute Gasteiger partial charge is 0.480 e. The summed E-state index contributed by atoms with van der Waals surface area (Å²) in [6.07, 6.45) is 4.63. The van der Waals surface area contributed by atoms with E-state index in [1.54, 1.807) is 17.0 Å². The number of nitrogens with zero attached hydrogens (tertiary/aromatic N) is 3. The van der Waals surface area contributed by atoms with Crippen molar-refractivity contribution < 1.29 is 14.3 Å². The number of halogens is 1. The van der Waals surface area contributed by atoms with Crippen LogP contribution in [0.1, 0.15) is 23.2 Å². The molecule has 7 heteroatoms. The van der Waals surface area contributed by atoms with Crippen LogP contribution < -0.4 is 9.47 Å². The monoisotopic (exact) mass is 347 g/mol. The average molecular weight is 348 g/mol. The maximum Gasteiger partial charge on any atom is 0.255 e. The summed E-state index contributed by atoms with van der Waals surface area (Å²) in [5.41, 5.74) is 0.515. The van der Waals surface area contributed by atoms with Gasteiger partial charge in [0.1, 0.15) is 6.10 Å². The molecular formula is C17H18ClN3O3. The Bertz CT molecular complexity index is 726. The summed E-state index contributed by atoms with van der Waals surface area (Å²) >= 11 is 6.13. The molecular weight excluding hydrogens is 330 g/mol. The predicted molar refractivity (Wildman–Crippen MR) is 89.6 cm³/mol. The number of hydrogen-bond donors (Lipinski definition) is 0. The SMILES string of the molecule is COc1cncc(OC2CCCN(C(=O)c3ccccc3Cl)C2)n1. The van der Waals surface area contributed by atoms with Gasteiger partial charge in [-0.2, -0.15) is 4.98 Å². The minimum absolute atomic E-state index is 0.0781. The smallest absolute Gasteiger partial charge is 0.255 e. The maximum absolute atomic E-state index is 12.7. The van der Waals surface area contributed by atoms with Gasteiger partial charge in [0.25, 0.3) is 5.91 Å². The van der Waals surface area contributed by atoms with Crippen molar-refractivity contribution in [1.82, 2.24) is 14.9 Å². The van der Waals surface area contributed by atoms with Crippen molar-refractivity contribution in [3.63, 3.8) is 0 Å². The number of piperidine rings is 1. The first-order chi connectivity index (χ1) is 11.7. The summed E-state index contributed by atoms with van der Waals surface area (Å²) in [6.45, 7) is 1.18. The first-order valence-corrected chi connectivity index (χ1v) is 8.11. The second-order valence-corrected chi connectivity index (χ2v) is 5.92. The van der Waals surface area contributed by atoms with Crippen molar-refractivity contribution in [3.8, 4) is 11.8 Å². The van der Waals surface area contributed by atoms with Crippen LogP contribution in [0.25, 0.3) is 0 Å². The minimum atomic E-state index is -0.133. The van der Waals surface area contributed by atoms with Gasteiger partial charge in [-0.25, -0.2) is 0 Å². The van der Waals surface area contributed by atoms with E-state index < -0.39 is 0 Å². The lowest BCUT2D eigenvalue weighted by Crippen LogP contribution is -2.44. The van der Waals surface area contributed by atoms with Crippen molar-refractivity contribution in [2.45, 2.75) is 18.9 Å². The van der Waals surface area contributed by atoms with Gasteiger partial charge in [-0.15, -0.1) is 0 Å². The molecule has 126 valence electrons. The highest BCUT2D eigenvalue weighted by atomic mass is 35.5. The second kappa shape index (κ2) is 7.49. The lowest BCUT2D eigenvalue weighted by molar-refractivity contribution is 0.0525. The van der Waals surface area contributed by atoms with Crippen molar-refractivity contribution in [3.05, 3.63) is 47.2 Å². The molecule has 1 aliphatic heterocycles. The summed E-state index contributed by atoms with van der Waals surface area (Å²) in [4.78, 5) is 22.6. The van der Waals surface area contributed by atoms with E-state index in [-0.39, 0.29) is 12.0 Å². The quantitative estimate of drug-likeness (QED) is 0.851. The van der Waals surface area contributed by atoms with Gasteiger partial charge in [-0.1, -0.05) is 23.7 Å². The van der Waals surface area contributed by atoms with Crippen molar-refractivity contribution in [2.75, 3.05) is 20.2 Å². The number of ether oxygens (including phenoxy) is 2. The topological polar surface area (TPSA) is 64.6 Å². The summed E-state index contributed by atoms with van der Waals surface area (Å²) in [5.74, 6) is 0.712. The summed E-state index contributed by atoms with van der Waals surface area (Å²) in [6, 6.07) is 7.08. The number of carbonyl (C=O) groups is 1. The van der Waals surface area contributed by atoms with E-state index in [1.807, 2.05) is 12.1 Å². The van der Waals surface area contributed by atoms with Gasteiger partial charge in [-0.05, 0) is 25.0 Å². The van der Waals surface area contributed by atoms with E-state index in [2.05, 4.69) is 9.97 Å². The molecule has 0 radical (unpaired) electrons. The Kier molecular flexibility index (Phi) is 5.15. The molecule has 1 unspecified atom stereocenters. The number of hydrogen-bond acceptors (Lipinski definition) is 5. The molecule has 6 nitrogen and oxygen atoms in total. The Balaban J connectivity index is 1.68. The Morgan fingerprint density at radius 1 is 1.29 bits per heavy atom. The highest BCUT2D eigenvalue weighted by Crippen LogP contribution is 2.22. The number of likely N-dealkylation sites (tertiary alicyclic amines) is 1. The number of methoxy groups -OCH3 is 1. The fourth-order valence-corrected chi connectivity index (χ4v) is 2.90. The molecule has 1 fully saturated rings. The fourth-order valence-electron chi connectivity index (χ4n) is 2.68. The number of aromatic nitrogens is 2. The molecule has 3 rings (SSSR count). The van der Waals surface area contributed by atoms with Crippen LogP contribution >= 0.6 is 11.6 Å². The molecule has 1 amide bonds. The van der Waals surface area contributed by atoms with Gasteiger partial charge >= 0.3 is 0 Å². The van der Waals surface area contributed by atoms with Gasteiger partial charge in [0, 0.05) is 6.54 Å². The second-order valence-electron chi connectivity index (χ2n) is 5.51. The Morgan fingerprint density at radius 2 is 2.08 bits per heavy atom. The molecule has 2 heterocycles. The van der Waals surface area contributed by atoms with E-state index in [9.17, 15) is 4.79 Å². The van der Waals surface area contributed by atoms with Gasteiger partial charge < -0.3 is 14.4 Å². The molecule has 24 heavy (non-hydrogen) atoms. The van der Waals surface area contributed by atoms with Crippen LogP contribution in [-0.4, -0.2) is 47.1 Å². The standard InChI is InChI=1S/C17H18ClN3O3/c1-23-15-9-19-10-16(20-15)24-12-5-4-8-21(11-12)17(22)13-6-2-3-7-14(13)18/h2-3,6-7,9-10,12H,4-5,8,11H2,1H3. The van der Waals surface area contributed by atoms with Crippen LogP contribution in [0.15, 0.2) is 36.7 Å². The summed E-state index contributed by atoms with van der Waals surface area (Å²) < 4.78 is 10.9. The number of rotatable bonds is 4. The third-order valence-electron chi connectivity index (χ3n) is 3.86. The van der Waals surface area contributed by atoms with Crippen LogP contribution in [0.4, 0.5) is 0 Å². The van der Waals surface area contributed by atoms with Crippen LogP contribution in [0.5, 0.6) is 11.8 Å². The molecule has 0 saturated carbocycles. The van der Waals surface area contributed by atoms with Crippen LogP contribution in [0, 0.1) is 0 Å². The zero-order valence-corrected chi connectivity index (χ0v) is 14.1. The first-order valence-electron chi connectivity index (χ1n) is 7.74. The van der Waals surface area contributed by atoms with Crippen molar-refractivity contribution in [1.29, 1.82) is 0 Å². The third kappa shape index (κ3) is 3.76. The first kappa shape index (κ1) is 16.5. The van der Waals surface area contributed by atoms with Crippen molar-refractivity contribution in [2.24, 2.45) is 0 Å². The highest BCUT2D eigenvalue weighted by Gasteiger charge is 2.27. The number of benzene rings is 1. The molecule has 2 aromatic rings. The summed E-state index contributed by atoms with van der Waals surface area (Å²) in [5, 5.41) is 0.462. The van der Waals surface area contributed by atoms with E-state index >= 15 is 0 Å². The molecule has 0 aliphatic carbocycles. The molecule has 1 atom stereocenters. The Labute approximate surface area is 145 Å². The van der Waals surface area contributed by atoms with E-state index in [0.717, 1.165) is 12.8 Å². The Morgan fingerprint density at radius 3 is 2.88 bits per heavy atom. The number of carbonyl (C=O) groups excluding carboxylic acids is 1. The zero-order valence-electron chi connectivity index (χ0n) is 13.3. The van der Waals surface area contributed by atoms with Crippen molar-refractivity contribution >= 4 is 17.5 Å². The van der Waals surface area contributed by atoms with Gasteiger partial charge in [0.05, 0.1) is 36.6 Å². The maximum atomic E-state index is 12.7. The van der Waals surface area contributed by atoms with Crippen LogP contribution in [0.2, 0.25) is 5.02 Å². The molecule has 0 N–H and O–H groups in total. The molecule has 1 aromatic carbocycles. The lowest BCUT2D eigenvalue weighted by atomic mass is 10.1. The van der Waals surface area contributed by atoms with E-state index in [1.165, 1.54) is 19.5 Å². The normalized spacial score (nSPS) is 17.4. The van der Waals surface area contributed by atoms with E-state index in [4.69, 9.17) is 21.1 Å². The zero-order chi connectivity index (χ0) is 16.9. The molecule has 0 spiro atoms. The Hall–Kier alpha value is -2.34. The fraction of sp³-hybridized carbons (Fsp3) is 0.353. The molecule has 0 bridgehead atoms. The summed E-state index contributed by atoms with van der Waals surface area (Å²) in [7, 11) is 1.53. The predicted octanol–water partition coefficient (Wildman–Crippen LogP) is 2.82.